The normalized spacial score (nSPS) is 23.3. The quantitative estimate of drug-likeness (QED) is 0.624. The Kier molecular flexibility index (Phi) is 4.86. The number of nitrogens with zero attached hydrogens (tertiary/aromatic N) is 3. The molecule has 2 atom stereocenters. The zero-order valence-corrected chi connectivity index (χ0v) is 17.0. The number of aryl methyl sites for hydroxylation is 1. The minimum Gasteiger partial charge on any atom is -0.450 e. The Labute approximate surface area is 175 Å². The summed E-state index contributed by atoms with van der Waals surface area (Å²) in [5, 5.41) is 26.4. The summed E-state index contributed by atoms with van der Waals surface area (Å²) in [7, 11) is 0. The molecule has 30 heavy (non-hydrogen) atoms. The largest absolute Gasteiger partial charge is 0.507 e. The Morgan fingerprint density at radius 2 is 2.07 bits per heavy atom. The van der Waals surface area contributed by atoms with Crippen LogP contribution >= 0.6 is 11.3 Å². The third-order valence-electron chi connectivity index (χ3n) is 5.72. The average Bonchev–Trinajstić information content (AvgIpc) is 3.15. The lowest BCUT2D eigenvalue weighted by Gasteiger charge is -2.23. The molecule has 10 nitrogen and oxygen atoms in total. The van der Waals surface area contributed by atoms with Crippen LogP contribution in [-0.4, -0.2) is 56.3 Å². The molecule has 5 rings (SSSR count). The van der Waals surface area contributed by atoms with Gasteiger partial charge < -0.3 is 19.5 Å². The second kappa shape index (κ2) is 7.55. The van der Waals surface area contributed by atoms with E-state index in [2.05, 4.69) is 15.5 Å². The first-order valence-electron chi connectivity index (χ1n) is 10.1. The van der Waals surface area contributed by atoms with E-state index in [0.717, 1.165) is 49.7 Å². The number of nitrogens with one attached hydrogen (secondary N) is 1. The molecule has 160 valence electrons. The molecule has 1 saturated carbocycles. The summed E-state index contributed by atoms with van der Waals surface area (Å²) < 4.78 is 10.3. The summed E-state index contributed by atoms with van der Waals surface area (Å²) >= 11 is 1.49. The highest BCUT2D eigenvalue weighted by Crippen LogP contribution is 2.45. The Bertz CT molecular complexity index is 984. The molecule has 0 spiro atoms. The van der Waals surface area contributed by atoms with Gasteiger partial charge in [0, 0.05) is 17.2 Å². The summed E-state index contributed by atoms with van der Waals surface area (Å²) in [6.07, 6.45) is 2.77. The lowest BCUT2D eigenvalue weighted by atomic mass is 9.95. The summed E-state index contributed by atoms with van der Waals surface area (Å²) in [6, 6.07) is -0.528. The molecular formula is C19H22N4O6S. The predicted molar refractivity (Wildman–Crippen MR) is 105 cm³/mol. The monoisotopic (exact) mass is 434 g/mol. The van der Waals surface area contributed by atoms with Crippen molar-refractivity contribution >= 4 is 28.5 Å². The number of aliphatic hydroxyl groups is 1. The van der Waals surface area contributed by atoms with Crippen LogP contribution in [0.25, 0.3) is 11.5 Å². The fourth-order valence-corrected chi connectivity index (χ4v) is 5.38. The highest BCUT2D eigenvalue weighted by Gasteiger charge is 2.38. The van der Waals surface area contributed by atoms with Gasteiger partial charge in [-0.15, -0.1) is 11.3 Å². The van der Waals surface area contributed by atoms with Crippen molar-refractivity contribution in [3.8, 4) is 11.5 Å². The third kappa shape index (κ3) is 3.63. The maximum atomic E-state index is 12.9. The van der Waals surface area contributed by atoms with Crippen LogP contribution in [0, 0.1) is 0 Å². The molecule has 0 aromatic carbocycles. The van der Waals surface area contributed by atoms with Crippen LogP contribution < -0.4 is 5.32 Å². The van der Waals surface area contributed by atoms with Gasteiger partial charge in [-0.3, -0.25) is 10.2 Å². The standard InChI is InChI=1S/C19H22N4O6S/c24-10-7-13(28-19(26)27)23(8-10)18(25)21-17-14(11-3-1-2-4-12(11)30-17)16-20-15(22-29-16)9-5-6-9/h9-10,13,24H,1-8H2,(H,21,25)(H,26,27)/t10-,13+/m0/s1. The zero-order chi connectivity index (χ0) is 20.8. The van der Waals surface area contributed by atoms with E-state index in [1.165, 1.54) is 21.1 Å². The lowest BCUT2D eigenvalue weighted by Crippen LogP contribution is -2.41. The van der Waals surface area contributed by atoms with Crippen LogP contribution in [0.2, 0.25) is 0 Å². The van der Waals surface area contributed by atoms with Gasteiger partial charge in [0.25, 0.3) is 5.89 Å². The van der Waals surface area contributed by atoms with Crippen LogP contribution in [0.5, 0.6) is 0 Å². The zero-order valence-electron chi connectivity index (χ0n) is 16.2. The van der Waals surface area contributed by atoms with Gasteiger partial charge in [-0.1, -0.05) is 5.16 Å². The number of carbonyl (C=O) groups is 2. The van der Waals surface area contributed by atoms with Crippen molar-refractivity contribution in [2.24, 2.45) is 0 Å². The maximum absolute atomic E-state index is 12.9. The van der Waals surface area contributed by atoms with E-state index in [9.17, 15) is 14.7 Å². The fourth-order valence-electron chi connectivity index (χ4n) is 4.11. The molecule has 11 heteroatoms. The van der Waals surface area contributed by atoms with Gasteiger partial charge in [0.15, 0.2) is 12.1 Å². The molecule has 2 fully saturated rings. The highest BCUT2D eigenvalue weighted by atomic mass is 32.1. The van der Waals surface area contributed by atoms with E-state index < -0.39 is 24.5 Å². The number of anilines is 1. The second-order valence-electron chi connectivity index (χ2n) is 7.96. The minimum atomic E-state index is -1.49. The summed E-state index contributed by atoms with van der Waals surface area (Å²) in [4.78, 5) is 30.8. The first kappa shape index (κ1) is 19.3. The van der Waals surface area contributed by atoms with Crippen LogP contribution in [0.1, 0.15) is 54.3 Å². The molecule has 0 unspecified atom stereocenters. The maximum Gasteiger partial charge on any atom is 0.507 e. The van der Waals surface area contributed by atoms with E-state index >= 15 is 0 Å². The van der Waals surface area contributed by atoms with Crippen molar-refractivity contribution in [1.29, 1.82) is 0 Å². The molecule has 0 radical (unpaired) electrons. The smallest absolute Gasteiger partial charge is 0.450 e. The molecule has 1 saturated heterocycles. The summed E-state index contributed by atoms with van der Waals surface area (Å²) in [6.45, 7) is -0.00338. The van der Waals surface area contributed by atoms with Crippen molar-refractivity contribution in [2.45, 2.75) is 63.2 Å². The minimum absolute atomic E-state index is 0.00338. The van der Waals surface area contributed by atoms with Gasteiger partial charge in [-0.25, -0.2) is 9.59 Å². The third-order valence-corrected chi connectivity index (χ3v) is 6.92. The average molecular weight is 434 g/mol. The number of ether oxygens (including phenoxy) is 1. The molecule has 2 aromatic rings. The van der Waals surface area contributed by atoms with Gasteiger partial charge >= 0.3 is 12.2 Å². The van der Waals surface area contributed by atoms with E-state index in [0.29, 0.717) is 22.6 Å². The number of hydrogen-bond donors (Lipinski definition) is 3. The number of carboxylic acid groups (broad SMARTS) is 1. The number of aromatic nitrogens is 2. The first-order chi connectivity index (χ1) is 14.5. The molecule has 2 aromatic heterocycles. The Morgan fingerprint density at radius 3 is 2.83 bits per heavy atom. The van der Waals surface area contributed by atoms with E-state index in [1.807, 2.05) is 0 Å². The predicted octanol–water partition coefficient (Wildman–Crippen LogP) is 3.17. The summed E-state index contributed by atoms with van der Waals surface area (Å²) in [5.41, 5.74) is 1.89. The van der Waals surface area contributed by atoms with E-state index in [-0.39, 0.29) is 13.0 Å². The van der Waals surface area contributed by atoms with Crippen molar-refractivity contribution in [3.05, 3.63) is 16.3 Å². The SMILES string of the molecule is O=C(O)O[C@@H]1C[C@H](O)CN1C(=O)Nc1sc2c(c1-c1nc(C3CC3)no1)CCCC2. The number of β-amino-alcohol motifs (C(OH)–C–C–N with tert-alkyl or cyclic N) is 1. The first-order valence-corrected chi connectivity index (χ1v) is 10.9. The molecule has 2 aliphatic carbocycles. The second-order valence-corrected chi connectivity index (χ2v) is 9.06. The Balaban J connectivity index is 1.44. The molecule has 3 aliphatic rings. The number of carbonyl (C=O) groups excluding carboxylic acids is 1. The van der Waals surface area contributed by atoms with Crippen LogP contribution in [0.4, 0.5) is 14.6 Å². The Morgan fingerprint density at radius 1 is 1.27 bits per heavy atom. The number of likely N-dealkylation sites (tertiary alicyclic amines) is 1. The highest BCUT2D eigenvalue weighted by molar-refractivity contribution is 7.17. The number of thiophene rings is 1. The fraction of sp³-hybridized carbons (Fsp3) is 0.579. The van der Waals surface area contributed by atoms with Crippen molar-refractivity contribution in [3.63, 3.8) is 0 Å². The van der Waals surface area contributed by atoms with Crippen molar-refractivity contribution in [1.82, 2.24) is 15.0 Å². The van der Waals surface area contributed by atoms with Gasteiger partial charge in [0.2, 0.25) is 0 Å². The van der Waals surface area contributed by atoms with Crippen molar-refractivity contribution in [2.75, 3.05) is 11.9 Å². The molecule has 2 amide bonds. The number of amides is 2. The molecule has 0 bridgehead atoms. The van der Waals surface area contributed by atoms with Gasteiger partial charge in [-0.2, -0.15) is 4.98 Å². The number of rotatable bonds is 4. The van der Waals surface area contributed by atoms with E-state index in [4.69, 9.17) is 14.4 Å². The topological polar surface area (TPSA) is 138 Å². The van der Waals surface area contributed by atoms with Crippen LogP contribution in [0.15, 0.2) is 4.52 Å². The van der Waals surface area contributed by atoms with Gasteiger partial charge in [-0.05, 0) is 44.1 Å². The van der Waals surface area contributed by atoms with E-state index in [1.54, 1.807) is 0 Å². The molecule has 3 heterocycles. The van der Waals surface area contributed by atoms with Gasteiger partial charge in [0.05, 0.1) is 18.2 Å². The molecule has 1 aliphatic heterocycles. The number of fused-ring (bicyclic) bond motifs is 1. The van der Waals surface area contributed by atoms with Gasteiger partial charge in [0.1, 0.15) is 5.00 Å². The number of hydrogen-bond acceptors (Lipinski definition) is 8. The van der Waals surface area contributed by atoms with Crippen LogP contribution in [-0.2, 0) is 17.6 Å². The number of aliphatic hydroxyl groups excluding tert-OH is 1. The van der Waals surface area contributed by atoms with Crippen molar-refractivity contribution < 1.29 is 29.1 Å². The van der Waals surface area contributed by atoms with Crippen LogP contribution in [0.3, 0.4) is 0 Å². The number of urea groups is 1. The lowest BCUT2D eigenvalue weighted by molar-refractivity contribution is 0.00396. The Hall–Kier alpha value is -2.66. The summed E-state index contributed by atoms with van der Waals surface area (Å²) in [5.74, 6) is 1.47. The molecular weight excluding hydrogens is 412 g/mol. The molecule has 3 N–H and O–H groups in total.